The van der Waals surface area contributed by atoms with E-state index in [1.165, 1.54) is 14.0 Å². The largest absolute Gasteiger partial charge is 0.481 e. The predicted molar refractivity (Wildman–Crippen MR) is 98.2 cm³/mol. The van der Waals surface area contributed by atoms with Crippen molar-refractivity contribution in [2.45, 2.75) is 46.0 Å². The molecule has 13 heteroatoms. The number of hydrogen-bond acceptors (Lipinski definition) is 11. The van der Waals surface area contributed by atoms with Crippen LogP contribution >= 0.6 is 0 Å². The van der Waals surface area contributed by atoms with Crippen LogP contribution in [0, 0.1) is 11.8 Å². The Morgan fingerprint density at radius 1 is 1.07 bits per heavy atom. The highest BCUT2D eigenvalue weighted by molar-refractivity contribution is 5.71. The van der Waals surface area contributed by atoms with E-state index in [4.69, 9.17) is 34.5 Å². The van der Waals surface area contributed by atoms with Gasteiger partial charge in [0.25, 0.3) is 0 Å². The summed E-state index contributed by atoms with van der Waals surface area (Å²) in [7, 11) is 1.36. The number of ether oxygens (including phenoxy) is 4. The highest BCUT2D eigenvalue weighted by atomic mass is 17.1. The number of carbonyl (C=O) groups excluding carboxylic acids is 2. The van der Waals surface area contributed by atoms with E-state index in [2.05, 4.69) is 10.2 Å². The lowest BCUT2D eigenvalue weighted by molar-refractivity contribution is -0.507. The van der Waals surface area contributed by atoms with Gasteiger partial charge in [-0.3, -0.25) is 15.2 Å². The lowest BCUT2D eigenvalue weighted by Gasteiger charge is -2.19. The molecule has 1 unspecified atom stereocenters. The monoisotopic (exact) mass is 440 g/mol. The molecule has 4 N–H and O–H groups in total. The summed E-state index contributed by atoms with van der Waals surface area (Å²) in [5.74, 6) is -1.78. The maximum Gasteiger partial charge on any atom is 0.410 e. The van der Waals surface area contributed by atoms with E-state index in [1.54, 1.807) is 0 Å². The summed E-state index contributed by atoms with van der Waals surface area (Å²) in [6, 6.07) is 0. The van der Waals surface area contributed by atoms with Crippen molar-refractivity contribution in [1.82, 2.24) is 10.7 Å². The number of alkyl carbamates (subject to hydrolysis) is 1. The summed E-state index contributed by atoms with van der Waals surface area (Å²) >= 11 is 0. The number of nitrogens with one attached hydrogen (secondary N) is 1. The van der Waals surface area contributed by atoms with Gasteiger partial charge in [0, 0.05) is 27.0 Å². The van der Waals surface area contributed by atoms with Gasteiger partial charge < -0.3 is 29.4 Å². The summed E-state index contributed by atoms with van der Waals surface area (Å²) in [6.45, 7) is 4.58. The van der Waals surface area contributed by atoms with Crippen LogP contribution in [0.2, 0.25) is 0 Å². The first-order chi connectivity index (χ1) is 14.0. The van der Waals surface area contributed by atoms with E-state index in [0.29, 0.717) is 6.42 Å². The Morgan fingerprint density at radius 2 is 1.73 bits per heavy atom. The fourth-order valence-electron chi connectivity index (χ4n) is 2.52. The molecule has 176 valence electrons. The molecular formula is C17H32N2O11. The standard InChI is InChI=1S/C17H32N2O11/c1-11(2)5-13(6-15(20)21)7-18-17(23)29-12(3)28-16(22)10-27-9-14(8-26-4)30-19(24)25/h11-14,24-25H,5-10H2,1-4H3,(H,18,23)(H,20,21)/t12?,13-,14+/m0/s1. The maximum absolute atomic E-state index is 11.8. The van der Waals surface area contributed by atoms with Crippen molar-refractivity contribution in [3.05, 3.63) is 0 Å². The molecular weight excluding hydrogens is 408 g/mol. The van der Waals surface area contributed by atoms with Crippen molar-refractivity contribution >= 4 is 18.0 Å². The third-order valence-corrected chi connectivity index (χ3v) is 3.49. The minimum atomic E-state index is -1.21. The smallest absolute Gasteiger partial charge is 0.410 e. The molecule has 30 heavy (non-hydrogen) atoms. The van der Waals surface area contributed by atoms with Crippen molar-refractivity contribution in [2.75, 3.05) is 33.5 Å². The lowest BCUT2D eigenvalue weighted by atomic mass is 9.94. The Morgan fingerprint density at radius 3 is 2.27 bits per heavy atom. The number of esters is 1. The van der Waals surface area contributed by atoms with Gasteiger partial charge in [-0.2, -0.15) is 0 Å². The molecule has 0 saturated carbocycles. The molecule has 0 aliphatic rings. The molecule has 0 aromatic rings. The van der Waals surface area contributed by atoms with Crippen LogP contribution in [-0.4, -0.2) is 84.8 Å². The number of rotatable bonds is 16. The molecule has 3 atom stereocenters. The zero-order valence-corrected chi connectivity index (χ0v) is 17.6. The lowest BCUT2D eigenvalue weighted by Crippen LogP contribution is -2.35. The normalized spacial score (nSPS) is 14.3. The van der Waals surface area contributed by atoms with Gasteiger partial charge in [-0.15, -0.1) is 0 Å². The van der Waals surface area contributed by atoms with E-state index in [0.717, 1.165) is 0 Å². The van der Waals surface area contributed by atoms with Crippen LogP contribution in [0.15, 0.2) is 0 Å². The van der Waals surface area contributed by atoms with Gasteiger partial charge in [0.15, 0.2) is 0 Å². The number of methoxy groups -OCH3 is 1. The van der Waals surface area contributed by atoms with Crippen molar-refractivity contribution in [1.29, 1.82) is 0 Å². The third-order valence-electron chi connectivity index (χ3n) is 3.49. The molecule has 0 radical (unpaired) electrons. The summed E-state index contributed by atoms with van der Waals surface area (Å²) in [4.78, 5) is 38.9. The molecule has 0 spiro atoms. The number of aliphatic carboxylic acids is 1. The van der Waals surface area contributed by atoms with E-state index in [1.807, 2.05) is 13.8 Å². The SMILES string of the molecule is COC[C@H](COCC(=O)OC(C)OC(=O)NC[C@H](CC(=O)O)CC(C)C)ON(O)O. The highest BCUT2D eigenvalue weighted by Crippen LogP contribution is 2.14. The zero-order chi connectivity index (χ0) is 23.1. The third kappa shape index (κ3) is 15.8. The number of carboxylic acid groups (broad SMARTS) is 1. The average Bonchev–Trinajstić information content (AvgIpc) is 2.58. The van der Waals surface area contributed by atoms with Crippen LogP contribution in [0.3, 0.4) is 0 Å². The summed E-state index contributed by atoms with van der Waals surface area (Å²) in [5, 5.41) is 28.1. The maximum atomic E-state index is 11.8. The molecule has 1 amide bonds. The topological polar surface area (TPSA) is 173 Å². The van der Waals surface area contributed by atoms with E-state index >= 15 is 0 Å². The van der Waals surface area contributed by atoms with Crippen molar-refractivity contribution in [3.8, 4) is 0 Å². The van der Waals surface area contributed by atoms with Gasteiger partial charge in [-0.05, 0) is 18.3 Å². The fourth-order valence-corrected chi connectivity index (χ4v) is 2.52. The van der Waals surface area contributed by atoms with Crippen LogP contribution in [-0.2, 0) is 33.4 Å². The first kappa shape index (κ1) is 28.0. The van der Waals surface area contributed by atoms with Crippen LogP contribution < -0.4 is 5.32 Å². The van der Waals surface area contributed by atoms with Crippen molar-refractivity contribution in [2.24, 2.45) is 11.8 Å². The summed E-state index contributed by atoms with van der Waals surface area (Å²) < 4.78 is 19.6. The average molecular weight is 440 g/mol. The number of hydrogen-bond donors (Lipinski definition) is 4. The van der Waals surface area contributed by atoms with Gasteiger partial charge in [0.2, 0.25) is 6.29 Å². The second kappa shape index (κ2) is 15.8. The Balaban J connectivity index is 4.22. The Bertz CT molecular complexity index is 516. The number of nitrogens with zero attached hydrogens (tertiary/aromatic N) is 1. The second-order valence-corrected chi connectivity index (χ2v) is 6.89. The highest BCUT2D eigenvalue weighted by Gasteiger charge is 2.19. The first-order valence-corrected chi connectivity index (χ1v) is 9.30. The zero-order valence-electron chi connectivity index (χ0n) is 17.6. The van der Waals surface area contributed by atoms with Crippen molar-refractivity contribution in [3.63, 3.8) is 0 Å². The number of amides is 1. The molecule has 0 heterocycles. The molecule has 13 nitrogen and oxygen atoms in total. The Hall–Kier alpha value is -2.03. The van der Waals surface area contributed by atoms with E-state index in [9.17, 15) is 14.4 Å². The van der Waals surface area contributed by atoms with Gasteiger partial charge in [0.05, 0.1) is 18.6 Å². The first-order valence-electron chi connectivity index (χ1n) is 9.30. The molecule has 0 aliphatic carbocycles. The van der Waals surface area contributed by atoms with E-state index < -0.39 is 42.4 Å². The molecule has 0 aliphatic heterocycles. The summed E-state index contributed by atoms with van der Waals surface area (Å²) in [6.07, 6.45) is -2.41. The second-order valence-electron chi connectivity index (χ2n) is 6.89. The fraction of sp³-hybridized carbons (Fsp3) is 0.824. The molecule has 0 fully saturated rings. The molecule has 0 rings (SSSR count). The number of carbonyl (C=O) groups is 3. The van der Waals surface area contributed by atoms with Crippen LogP contribution in [0.4, 0.5) is 4.79 Å². The van der Waals surface area contributed by atoms with Crippen molar-refractivity contribution < 1.29 is 53.7 Å². The molecule has 0 bridgehead atoms. The van der Waals surface area contributed by atoms with Crippen LogP contribution in [0.5, 0.6) is 0 Å². The molecule has 0 saturated heterocycles. The molecule has 0 aromatic heterocycles. The minimum Gasteiger partial charge on any atom is -0.481 e. The molecule has 0 aromatic carbocycles. The Labute approximate surface area is 174 Å². The van der Waals surface area contributed by atoms with Gasteiger partial charge in [-0.1, -0.05) is 13.8 Å². The van der Waals surface area contributed by atoms with Gasteiger partial charge in [0.1, 0.15) is 12.7 Å². The van der Waals surface area contributed by atoms with Crippen LogP contribution in [0.25, 0.3) is 0 Å². The summed E-state index contributed by atoms with van der Waals surface area (Å²) in [5.41, 5.74) is 0. The minimum absolute atomic E-state index is 0.0357. The Kier molecular flexibility index (Phi) is 14.7. The van der Waals surface area contributed by atoms with Crippen LogP contribution in [0.1, 0.15) is 33.6 Å². The van der Waals surface area contributed by atoms with E-state index in [-0.39, 0.29) is 38.0 Å². The predicted octanol–water partition coefficient (Wildman–Crippen LogP) is 0.782. The quantitative estimate of drug-likeness (QED) is 0.151. The van der Waals surface area contributed by atoms with Gasteiger partial charge >= 0.3 is 18.0 Å². The number of carboxylic acids is 1. The van der Waals surface area contributed by atoms with Gasteiger partial charge in [-0.25, -0.2) is 14.4 Å².